The first-order valence-electron chi connectivity index (χ1n) is 7.79. The minimum absolute atomic E-state index is 0.513. The number of hydrogen-bond donors (Lipinski definition) is 1. The van der Waals surface area contributed by atoms with E-state index in [2.05, 4.69) is 58.8 Å². The van der Waals surface area contributed by atoms with Crippen molar-refractivity contribution in [3.05, 3.63) is 10.6 Å². The van der Waals surface area contributed by atoms with Gasteiger partial charge in [-0.15, -0.1) is 11.3 Å². The van der Waals surface area contributed by atoms with Crippen LogP contribution in [-0.4, -0.2) is 24.6 Å². The number of nitrogens with one attached hydrogen (secondary N) is 1. The van der Waals surface area contributed by atoms with Gasteiger partial charge in [0.15, 0.2) is 5.13 Å². The number of hydrogen-bond acceptors (Lipinski definition) is 4. The summed E-state index contributed by atoms with van der Waals surface area (Å²) in [5.41, 5.74) is 1.29. The molecule has 1 aromatic heterocycles. The zero-order chi connectivity index (χ0) is 15.3. The van der Waals surface area contributed by atoms with E-state index in [0.29, 0.717) is 17.9 Å². The molecule has 0 amide bonds. The topological polar surface area (TPSA) is 28.2 Å². The van der Waals surface area contributed by atoms with E-state index in [1.807, 2.05) is 11.3 Å². The van der Waals surface area contributed by atoms with Gasteiger partial charge in [-0.05, 0) is 18.3 Å². The standard InChI is InChI=1S/C16H31N3S/c1-8-13(6)15-14(9-17-12(4)5)20-16(18-15)19(7)10-11(2)3/h11-13,17H,8-10H2,1-7H3. The number of rotatable bonds is 8. The summed E-state index contributed by atoms with van der Waals surface area (Å²) in [6, 6.07) is 0.513. The van der Waals surface area contributed by atoms with Gasteiger partial charge in [0.05, 0.1) is 5.69 Å². The zero-order valence-corrected chi connectivity index (χ0v) is 15.0. The van der Waals surface area contributed by atoms with Crippen LogP contribution >= 0.6 is 11.3 Å². The van der Waals surface area contributed by atoms with Crippen molar-refractivity contribution in [3.63, 3.8) is 0 Å². The van der Waals surface area contributed by atoms with E-state index in [1.165, 1.54) is 10.6 Å². The van der Waals surface area contributed by atoms with E-state index in [0.717, 1.165) is 24.6 Å². The molecule has 0 saturated heterocycles. The molecule has 0 aliphatic carbocycles. The highest BCUT2D eigenvalue weighted by atomic mass is 32.1. The van der Waals surface area contributed by atoms with Crippen LogP contribution in [0.1, 0.15) is 64.5 Å². The highest BCUT2D eigenvalue weighted by Crippen LogP contribution is 2.32. The van der Waals surface area contributed by atoms with E-state index in [1.54, 1.807) is 0 Å². The second kappa shape index (κ2) is 7.99. The lowest BCUT2D eigenvalue weighted by atomic mass is 10.0. The average molecular weight is 298 g/mol. The van der Waals surface area contributed by atoms with Gasteiger partial charge in [0, 0.05) is 31.1 Å². The van der Waals surface area contributed by atoms with Crippen LogP contribution in [0.4, 0.5) is 5.13 Å². The molecule has 1 rings (SSSR count). The lowest BCUT2D eigenvalue weighted by molar-refractivity contribution is 0.584. The van der Waals surface area contributed by atoms with E-state index >= 15 is 0 Å². The molecule has 0 radical (unpaired) electrons. The van der Waals surface area contributed by atoms with Crippen LogP contribution in [0.3, 0.4) is 0 Å². The maximum atomic E-state index is 4.92. The molecule has 0 saturated carbocycles. The van der Waals surface area contributed by atoms with Crippen molar-refractivity contribution < 1.29 is 0 Å². The van der Waals surface area contributed by atoms with Crippen molar-refractivity contribution >= 4 is 16.5 Å². The molecule has 20 heavy (non-hydrogen) atoms. The maximum Gasteiger partial charge on any atom is 0.185 e. The van der Waals surface area contributed by atoms with Gasteiger partial charge in [-0.3, -0.25) is 0 Å². The third-order valence-electron chi connectivity index (χ3n) is 3.43. The summed E-state index contributed by atoms with van der Waals surface area (Å²) < 4.78 is 0. The third-order valence-corrected chi connectivity index (χ3v) is 4.62. The summed E-state index contributed by atoms with van der Waals surface area (Å²) in [6.45, 7) is 15.4. The highest BCUT2D eigenvalue weighted by Gasteiger charge is 2.18. The van der Waals surface area contributed by atoms with Gasteiger partial charge >= 0.3 is 0 Å². The van der Waals surface area contributed by atoms with Gasteiger partial charge in [-0.2, -0.15) is 0 Å². The van der Waals surface area contributed by atoms with Crippen LogP contribution in [0, 0.1) is 5.92 Å². The van der Waals surface area contributed by atoms with Crippen molar-refractivity contribution in [2.75, 3.05) is 18.5 Å². The van der Waals surface area contributed by atoms with Gasteiger partial charge in [-0.25, -0.2) is 4.98 Å². The predicted molar refractivity (Wildman–Crippen MR) is 90.9 cm³/mol. The first kappa shape index (κ1) is 17.4. The SMILES string of the molecule is CCC(C)c1nc(N(C)CC(C)C)sc1CNC(C)C. The monoisotopic (exact) mass is 297 g/mol. The van der Waals surface area contributed by atoms with E-state index in [9.17, 15) is 0 Å². The van der Waals surface area contributed by atoms with Crippen molar-refractivity contribution in [1.29, 1.82) is 0 Å². The molecule has 0 aromatic carbocycles. The van der Waals surface area contributed by atoms with Gasteiger partial charge in [0.1, 0.15) is 0 Å². The normalized spacial score (nSPS) is 13.2. The van der Waals surface area contributed by atoms with E-state index in [4.69, 9.17) is 4.98 Å². The fourth-order valence-electron chi connectivity index (χ4n) is 2.14. The Bertz CT molecular complexity index is 398. The number of nitrogens with zero attached hydrogens (tertiary/aromatic N) is 2. The molecular weight excluding hydrogens is 266 g/mol. The maximum absolute atomic E-state index is 4.92. The Morgan fingerprint density at radius 1 is 1.20 bits per heavy atom. The first-order valence-corrected chi connectivity index (χ1v) is 8.60. The molecule has 3 nitrogen and oxygen atoms in total. The minimum Gasteiger partial charge on any atom is -0.351 e. The molecule has 1 unspecified atom stereocenters. The van der Waals surface area contributed by atoms with Crippen LogP contribution in [0.25, 0.3) is 0 Å². The van der Waals surface area contributed by atoms with Crippen molar-refractivity contribution in [1.82, 2.24) is 10.3 Å². The lowest BCUT2D eigenvalue weighted by Crippen LogP contribution is -2.22. The smallest absolute Gasteiger partial charge is 0.185 e. The van der Waals surface area contributed by atoms with Crippen molar-refractivity contribution in [2.24, 2.45) is 5.92 Å². The summed E-state index contributed by atoms with van der Waals surface area (Å²) in [7, 11) is 2.15. The van der Waals surface area contributed by atoms with Crippen molar-refractivity contribution in [2.45, 2.75) is 66.5 Å². The second-order valence-electron chi connectivity index (χ2n) is 6.42. The summed E-state index contributed by atoms with van der Waals surface area (Å²) >= 11 is 1.85. The second-order valence-corrected chi connectivity index (χ2v) is 7.49. The largest absolute Gasteiger partial charge is 0.351 e. The average Bonchev–Trinajstić information content (AvgIpc) is 2.78. The van der Waals surface area contributed by atoms with E-state index in [-0.39, 0.29) is 0 Å². The first-order chi connectivity index (χ1) is 9.35. The van der Waals surface area contributed by atoms with Crippen LogP contribution < -0.4 is 10.2 Å². The Balaban J connectivity index is 2.92. The van der Waals surface area contributed by atoms with Crippen LogP contribution in [-0.2, 0) is 6.54 Å². The summed E-state index contributed by atoms with van der Waals surface area (Å²) in [4.78, 5) is 8.61. The molecule has 1 atom stereocenters. The molecular formula is C16H31N3S. The Morgan fingerprint density at radius 2 is 1.85 bits per heavy atom. The molecule has 0 aliphatic heterocycles. The van der Waals surface area contributed by atoms with Gasteiger partial charge < -0.3 is 10.2 Å². The quantitative estimate of drug-likeness (QED) is 0.777. The van der Waals surface area contributed by atoms with Gasteiger partial charge in [0.25, 0.3) is 0 Å². The zero-order valence-electron chi connectivity index (χ0n) is 14.2. The fraction of sp³-hybridized carbons (Fsp3) is 0.812. The molecule has 0 fully saturated rings. The lowest BCUT2D eigenvalue weighted by Gasteiger charge is -2.17. The van der Waals surface area contributed by atoms with Crippen LogP contribution in [0.2, 0.25) is 0 Å². The molecule has 0 aliphatic rings. The Kier molecular flexibility index (Phi) is 6.96. The molecule has 1 heterocycles. The summed E-state index contributed by atoms with van der Waals surface area (Å²) in [6.07, 6.45) is 1.14. The number of aromatic nitrogens is 1. The number of anilines is 1. The Hall–Kier alpha value is -0.610. The Labute approximate surface area is 128 Å². The molecule has 0 spiro atoms. The summed E-state index contributed by atoms with van der Waals surface area (Å²) in [5, 5.41) is 4.69. The minimum atomic E-state index is 0.513. The molecule has 116 valence electrons. The predicted octanol–water partition coefficient (Wildman–Crippen LogP) is 4.25. The molecule has 1 aromatic rings. The van der Waals surface area contributed by atoms with Gasteiger partial charge in [0.2, 0.25) is 0 Å². The van der Waals surface area contributed by atoms with Gasteiger partial charge in [-0.1, -0.05) is 41.5 Å². The fourth-order valence-corrected chi connectivity index (χ4v) is 3.24. The molecule has 1 N–H and O–H groups in total. The van der Waals surface area contributed by atoms with Crippen LogP contribution in [0.15, 0.2) is 0 Å². The summed E-state index contributed by atoms with van der Waals surface area (Å²) in [5.74, 6) is 1.20. The van der Waals surface area contributed by atoms with Crippen LogP contribution in [0.5, 0.6) is 0 Å². The highest BCUT2D eigenvalue weighted by molar-refractivity contribution is 7.15. The van der Waals surface area contributed by atoms with Crippen molar-refractivity contribution in [3.8, 4) is 0 Å². The molecule has 0 bridgehead atoms. The Morgan fingerprint density at radius 3 is 2.35 bits per heavy atom. The van der Waals surface area contributed by atoms with E-state index < -0.39 is 0 Å². The molecule has 4 heteroatoms. The number of thiazole rings is 1. The third kappa shape index (κ3) is 5.06.